The number of amides is 4. The van der Waals surface area contributed by atoms with E-state index in [0.717, 1.165) is 65.1 Å². The first-order valence-electron chi connectivity index (χ1n) is 14.4. The van der Waals surface area contributed by atoms with Crippen molar-refractivity contribution in [1.82, 2.24) is 30.0 Å². The third-order valence-corrected chi connectivity index (χ3v) is 8.08. The summed E-state index contributed by atoms with van der Waals surface area (Å²) in [6, 6.07) is 12.0. The number of carbonyl (C=O) groups excluding carboxylic acids is 4. The minimum atomic E-state index is -0.983. The highest BCUT2D eigenvalue weighted by Crippen LogP contribution is 2.43. The molecule has 1 unspecified atom stereocenters. The Hall–Kier alpha value is -4.93. The molecule has 2 aliphatic heterocycles. The number of para-hydroxylation sites is 2. The summed E-state index contributed by atoms with van der Waals surface area (Å²) >= 11 is 0. The van der Waals surface area contributed by atoms with E-state index in [4.69, 9.17) is 10.1 Å². The maximum atomic E-state index is 13.3. The number of benzene rings is 2. The molecule has 4 amide bonds. The predicted molar refractivity (Wildman–Crippen MR) is 154 cm³/mol. The van der Waals surface area contributed by atoms with Crippen LogP contribution in [0.2, 0.25) is 0 Å². The predicted octanol–water partition coefficient (Wildman–Crippen LogP) is 3.66. The molecule has 11 nitrogen and oxygen atoms in total. The number of rotatable bonds is 9. The number of nitrogens with zero attached hydrogens (tertiary/aromatic N) is 5. The van der Waals surface area contributed by atoms with E-state index in [-0.39, 0.29) is 24.0 Å². The Balaban J connectivity index is 0.996. The number of hydrogen-bond acceptors (Lipinski definition) is 8. The summed E-state index contributed by atoms with van der Waals surface area (Å²) in [5, 5.41) is 10.4. The summed E-state index contributed by atoms with van der Waals surface area (Å²) in [4.78, 5) is 60.7. The second-order valence-electron chi connectivity index (χ2n) is 11.0. The van der Waals surface area contributed by atoms with Gasteiger partial charge >= 0.3 is 0 Å². The lowest BCUT2D eigenvalue weighted by atomic mass is 10.0. The Labute approximate surface area is 241 Å². The molecule has 7 rings (SSSR count). The van der Waals surface area contributed by atoms with Gasteiger partial charge in [-0.3, -0.25) is 39.1 Å². The highest BCUT2D eigenvalue weighted by Gasteiger charge is 2.45. The molecule has 4 aromatic rings. The zero-order valence-corrected chi connectivity index (χ0v) is 22.9. The maximum Gasteiger partial charge on any atom is 0.264 e. The normalized spacial score (nSPS) is 18.5. The fourth-order valence-corrected chi connectivity index (χ4v) is 5.78. The van der Waals surface area contributed by atoms with Gasteiger partial charge in [-0.1, -0.05) is 18.2 Å². The van der Waals surface area contributed by atoms with E-state index in [0.29, 0.717) is 18.2 Å². The number of fused-ring (bicyclic) bond motifs is 2. The average molecular weight is 564 g/mol. The molecule has 0 spiro atoms. The molecule has 2 aromatic heterocycles. The van der Waals surface area contributed by atoms with Gasteiger partial charge in [-0.2, -0.15) is 5.10 Å². The molecule has 1 aliphatic carbocycles. The number of piperidine rings is 1. The molecule has 1 saturated carbocycles. The minimum absolute atomic E-state index is 0.0878. The first-order chi connectivity index (χ1) is 20.5. The average Bonchev–Trinajstić information content (AvgIpc) is 3.70. The highest BCUT2D eigenvalue weighted by atomic mass is 16.2. The minimum Gasteiger partial charge on any atom is -0.384 e. The topological polar surface area (TPSA) is 139 Å². The molecule has 4 heterocycles. The number of imide groups is 2. The van der Waals surface area contributed by atoms with Gasteiger partial charge < -0.3 is 5.32 Å². The number of hydrogen-bond donors (Lipinski definition) is 2. The number of unbranched alkanes of at least 4 members (excludes halogenated alkanes) is 1. The van der Waals surface area contributed by atoms with Gasteiger partial charge in [0.2, 0.25) is 11.8 Å². The number of nitrogens with one attached hydrogen (secondary N) is 2. The largest absolute Gasteiger partial charge is 0.384 e. The van der Waals surface area contributed by atoms with Crippen molar-refractivity contribution in [2.45, 2.75) is 57.0 Å². The van der Waals surface area contributed by atoms with E-state index in [1.165, 1.54) is 0 Å². The summed E-state index contributed by atoms with van der Waals surface area (Å²) in [7, 11) is 0. The van der Waals surface area contributed by atoms with Gasteiger partial charge in [-0.05, 0) is 56.4 Å². The summed E-state index contributed by atoms with van der Waals surface area (Å²) < 4.78 is 1.99. The molecular formula is C31H29N7O4. The summed E-state index contributed by atoms with van der Waals surface area (Å²) in [5.74, 6) is -1.56. The Morgan fingerprint density at radius 1 is 0.905 bits per heavy atom. The van der Waals surface area contributed by atoms with Crippen LogP contribution in [0, 0.1) is 0 Å². The van der Waals surface area contributed by atoms with Crippen molar-refractivity contribution < 1.29 is 19.2 Å². The van der Waals surface area contributed by atoms with E-state index in [1.54, 1.807) is 18.2 Å². The molecule has 0 bridgehead atoms. The molecule has 2 N–H and O–H groups in total. The van der Waals surface area contributed by atoms with Crippen LogP contribution in [0.1, 0.15) is 70.9 Å². The summed E-state index contributed by atoms with van der Waals surface area (Å²) in [5.41, 5.74) is 5.80. The van der Waals surface area contributed by atoms with Crippen molar-refractivity contribution in [2.75, 3.05) is 11.9 Å². The third-order valence-electron chi connectivity index (χ3n) is 8.08. The molecule has 42 heavy (non-hydrogen) atoms. The Kier molecular flexibility index (Phi) is 6.49. The van der Waals surface area contributed by atoms with Crippen LogP contribution in [0.15, 0.2) is 54.9 Å². The molecule has 1 atom stereocenters. The van der Waals surface area contributed by atoms with E-state index in [1.807, 2.05) is 35.1 Å². The fraction of sp³-hybridized carbons (Fsp3) is 0.323. The second-order valence-corrected chi connectivity index (χ2v) is 11.0. The van der Waals surface area contributed by atoms with Crippen LogP contribution < -0.4 is 10.6 Å². The van der Waals surface area contributed by atoms with E-state index in [9.17, 15) is 19.2 Å². The third kappa shape index (κ3) is 4.70. The lowest BCUT2D eigenvalue weighted by Gasteiger charge is -2.27. The second kappa shape index (κ2) is 10.5. The molecule has 2 aromatic carbocycles. The van der Waals surface area contributed by atoms with Gasteiger partial charge in [0.1, 0.15) is 6.04 Å². The van der Waals surface area contributed by atoms with Crippen LogP contribution in [0.4, 0.5) is 5.69 Å². The van der Waals surface area contributed by atoms with Gasteiger partial charge in [0.25, 0.3) is 11.8 Å². The first kappa shape index (κ1) is 26.0. The van der Waals surface area contributed by atoms with Crippen LogP contribution in [0.3, 0.4) is 0 Å². The van der Waals surface area contributed by atoms with Gasteiger partial charge in [0.15, 0.2) is 0 Å². The SMILES string of the molecule is O=C1CCC(N2C(=O)c3cccc(NCCCCn4cc(-c5cnc6ccccc6n5)c(C5CC5)n4)c3C2=O)C(=O)N1. The smallest absolute Gasteiger partial charge is 0.264 e. The fourth-order valence-electron chi connectivity index (χ4n) is 5.78. The molecule has 3 aliphatic rings. The van der Waals surface area contributed by atoms with Crippen molar-refractivity contribution in [3.63, 3.8) is 0 Å². The Morgan fingerprint density at radius 3 is 2.55 bits per heavy atom. The quantitative estimate of drug-likeness (QED) is 0.232. The summed E-state index contributed by atoms with van der Waals surface area (Å²) in [6.45, 7) is 1.33. The van der Waals surface area contributed by atoms with Crippen LogP contribution in [0.25, 0.3) is 22.3 Å². The standard InChI is InChI=1S/C31H29N7O4/c39-26-13-12-25(29(40)35-26)38-30(41)19-6-5-9-23(27(19)31(38)42)32-14-3-4-15-37-17-20(28(36-37)18-10-11-18)24-16-33-21-7-1-2-8-22(21)34-24/h1-2,5-9,16-18,25,32H,3-4,10-15H2,(H,35,39,40). The van der Waals surface area contributed by atoms with E-state index < -0.39 is 29.7 Å². The molecule has 2 fully saturated rings. The van der Waals surface area contributed by atoms with Crippen LogP contribution >= 0.6 is 0 Å². The van der Waals surface area contributed by atoms with E-state index >= 15 is 0 Å². The highest BCUT2D eigenvalue weighted by molar-refractivity contribution is 6.25. The van der Waals surface area contributed by atoms with Gasteiger partial charge in [0, 0.05) is 42.9 Å². The van der Waals surface area contributed by atoms with Crippen LogP contribution in [0.5, 0.6) is 0 Å². The van der Waals surface area contributed by atoms with Crippen molar-refractivity contribution in [1.29, 1.82) is 0 Å². The molecule has 0 radical (unpaired) electrons. The number of aryl methyl sites for hydroxylation is 1. The van der Waals surface area contributed by atoms with Gasteiger partial charge in [0.05, 0.1) is 39.7 Å². The lowest BCUT2D eigenvalue weighted by Crippen LogP contribution is -2.54. The zero-order valence-electron chi connectivity index (χ0n) is 22.9. The van der Waals surface area contributed by atoms with E-state index in [2.05, 4.69) is 21.8 Å². The Morgan fingerprint density at radius 2 is 1.74 bits per heavy atom. The number of anilines is 1. The van der Waals surface area contributed by atoms with Crippen molar-refractivity contribution >= 4 is 40.3 Å². The van der Waals surface area contributed by atoms with Crippen molar-refractivity contribution in [3.8, 4) is 11.3 Å². The molecule has 212 valence electrons. The van der Waals surface area contributed by atoms with Crippen LogP contribution in [-0.2, 0) is 16.1 Å². The summed E-state index contributed by atoms with van der Waals surface area (Å²) in [6.07, 6.45) is 8.05. The zero-order chi connectivity index (χ0) is 28.8. The maximum absolute atomic E-state index is 13.3. The van der Waals surface area contributed by atoms with Crippen molar-refractivity contribution in [3.05, 3.63) is 71.7 Å². The first-order valence-corrected chi connectivity index (χ1v) is 14.4. The molecule has 11 heteroatoms. The van der Waals surface area contributed by atoms with Crippen molar-refractivity contribution in [2.24, 2.45) is 0 Å². The number of carbonyl (C=O) groups is 4. The molecular weight excluding hydrogens is 534 g/mol. The molecule has 1 saturated heterocycles. The number of aromatic nitrogens is 4. The van der Waals surface area contributed by atoms with Gasteiger partial charge in [-0.25, -0.2) is 4.98 Å². The monoisotopic (exact) mass is 563 g/mol. The lowest BCUT2D eigenvalue weighted by molar-refractivity contribution is -0.136. The van der Waals surface area contributed by atoms with Gasteiger partial charge in [-0.15, -0.1) is 0 Å². The van der Waals surface area contributed by atoms with Crippen LogP contribution in [-0.4, -0.2) is 60.9 Å². The Bertz CT molecular complexity index is 1760.